The fourth-order valence-corrected chi connectivity index (χ4v) is 5.75. The van der Waals surface area contributed by atoms with Crippen LogP contribution in [-0.4, -0.2) is 41.9 Å². The van der Waals surface area contributed by atoms with Crippen LogP contribution >= 0.6 is 0 Å². The average Bonchev–Trinajstić information content (AvgIpc) is 3.04. The van der Waals surface area contributed by atoms with Crippen molar-refractivity contribution in [1.29, 1.82) is 0 Å². The van der Waals surface area contributed by atoms with E-state index in [1.165, 1.54) is 23.3 Å². The molecule has 152 valence electrons. The van der Waals surface area contributed by atoms with Crippen LogP contribution in [0.25, 0.3) is 0 Å². The largest absolute Gasteiger partial charge is 0.367 e. The minimum Gasteiger partial charge on any atom is -0.367 e. The molecule has 0 aromatic heterocycles. The first-order valence-electron chi connectivity index (χ1n) is 9.39. The lowest BCUT2D eigenvalue weighted by Crippen LogP contribution is -2.32. The van der Waals surface area contributed by atoms with Crippen LogP contribution < -0.4 is 4.90 Å². The molecule has 2 unspecified atom stereocenters. The van der Waals surface area contributed by atoms with Gasteiger partial charge in [0.25, 0.3) is 0 Å². The minimum atomic E-state index is -3.58. The molecule has 0 aliphatic carbocycles. The normalized spacial score (nSPS) is 20.5. The van der Waals surface area contributed by atoms with Crippen LogP contribution in [0.1, 0.15) is 36.8 Å². The van der Waals surface area contributed by atoms with Crippen LogP contribution in [-0.2, 0) is 19.7 Å². The second-order valence-electron chi connectivity index (χ2n) is 7.65. The van der Waals surface area contributed by atoms with E-state index in [1.807, 2.05) is 0 Å². The van der Waals surface area contributed by atoms with E-state index >= 15 is 0 Å². The predicted octanol–water partition coefficient (Wildman–Crippen LogP) is 3.57. The molecule has 0 amide bonds. The third-order valence-corrected chi connectivity index (χ3v) is 7.77. The van der Waals surface area contributed by atoms with Crippen LogP contribution in [0.4, 0.5) is 5.69 Å². The summed E-state index contributed by atoms with van der Waals surface area (Å²) in [6.45, 7) is 4.90. The highest BCUT2D eigenvalue weighted by molar-refractivity contribution is 7.91. The van der Waals surface area contributed by atoms with Gasteiger partial charge in [-0.15, -0.1) is 0 Å². The Balaban J connectivity index is 2.06. The first kappa shape index (κ1) is 20.9. The Morgan fingerprint density at radius 1 is 0.964 bits per heavy atom. The molecule has 2 aromatic carbocycles. The van der Waals surface area contributed by atoms with Gasteiger partial charge < -0.3 is 4.90 Å². The summed E-state index contributed by atoms with van der Waals surface area (Å²) >= 11 is 0. The average molecular weight is 422 g/mol. The maximum atomic E-state index is 12.5. The second-order valence-corrected chi connectivity index (χ2v) is 11.6. The van der Waals surface area contributed by atoms with Gasteiger partial charge in [0, 0.05) is 31.0 Å². The first-order valence-corrected chi connectivity index (χ1v) is 13.2. The van der Waals surface area contributed by atoms with Crippen molar-refractivity contribution < 1.29 is 16.8 Å². The maximum Gasteiger partial charge on any atom is 0.177 e. The smallest absolute Gasteiger partial charge is 0.177 e. The molecule has 5 nitrogen and oxygen atoms in total. The third-order valence-electron chi connectivity index (χ3n) is 5.54. The molecular formula is C21H27NO4S2. The Hall–Kier alpha value is -1.86. The molecule has 7 heteroatoms. The summed E-state index contributed by atoms with van der Waals surface area (Å²) in [5.74, 6) is 0.313. The van der Waals surface area contributed by atoms with Gasteiger partial charge in [-0.05, 0) is 43.5 Å². The van der Waals surface area contributed by atoms with Gasteiger partial charge in [-0.1, -0.05) is 36.8 Å². The van der Waals surface area contributed by atoms with E-state index < -0.39 is 19.7 Å². The highest BCUT2D eigenvalue weighted by Crippen LogP contribution is 2.41. The minimum absolute atomic E-state index is 0.0269. The summed E-state index contributed by atoms with van der Waals surface area (Å²) in [7, 11) is -7.06. The van der Waals surface area contributed by atoms with E-state index in [0.29, 0.717) is 11.6 Å². The molecular weight excluding hydrogens is 394 g/mol. The molecule has 1 saturated heterocycles. The Bertz CT molecular complexity index is 1070. The van der Waals surface area contributed by atoms with Crippen molar-refractivity contribution in [2.75, 3.05) is 24.0 Å². The molecule has 1 heterocycles. The molecule has 0 radical (unpaired) electrons. The number of sulfone groups is 2. The number of hydrogen-bond donors (Lipinski definition) is 0. The van der Waals surface area contributed by atoms with Crippen LogP contribution in [0, 0.1) is 6.92 Å². The molecule has 0 saturated carbocycles. The third kappa shape index (κ3) is 4.10. The van der Waals surface area contributed by atoms with Gasteiger partial charge in [0.05, 0.1) is 15.5 Å². The predicted molar refractivity (Wildman–Crippen MR) is 113 cm³/mol. The van der Waals surface area contributed by atoms with Crippen LogP contribution in [0.3, 0.4) is 0 Å². The molecule has 1 fully saturated rings. The highest BCUT2D eigenvalue weighted by Gasteiger charge is 2.36. The van der Waals surface area contributed by atoms with E-state index in [1.54, 1.807) is 6.07 Å². The van der Waals surface area contributed by atoms with E-state index in [2.05, 4.69) is 43.0 Å². The number of anilines is 1. The van der Waals surface area contributed by atoms with E-state index in [-0.39, 0.29) is 15.8 Å². The first-order chi connectivity index (χ1) is 13.0. The Kier molecular flexibility index (Phi) is 5.60. The number of hydrogen-bond acceptors (Lipinski definition) is 5. The topological polar surface area (TPSA) is 71.5 Å². The molecule has 0 N–H and O–H groups in total. The summed E-state index contributed by atoms with van der Waals surface area (Å²) in [6, 6.07) is 13.1. The van der Waals surface area contributed by atoms with Crippen molar-refractivity contribution in [2.24, 2.45) is 0 Å². The van der Waals surface area contributed by atoms with E-state index in [9.17, 15) is 16.8 Å². The molecule has 2 aromatic rings. The Morgan fingerprint density at radius 2 is 1.61 bits per heavy atom. The lowest BCUT2D eigenvalue weighted by Gasteiger charge is -2.31. The summed E-state index contributed by atoms with van der Waals surface area (Å²) < 4.78 is 48.7. The Labute approximate surface area is 168 Å². The van der Waals surface area contributed by atoms with Crippen LogP contribution in [0.15, 0.2) is 52.3 Å². The lowest BCUT2D eigenvalue weighted by atomic mass is 9.90. The van der Waals surface area contributed by atoms with Gasteiger partial charge in [-0.25, -0.2) is 16.8 Å². The van der Waals surface area contributed by atoms with Crippen molar-refractivity contribution in [3.63, 3.8) is 0 Å². The van der Waals surface area contributed by atoms with E-state index in [0.717, 1.165) is 31.9 Å². The molecule has 0 spiro atoms. The number of rotatable bonds is 5. The molecule has 28 heavy (non-hydrogen) atoms. The van der Waals surface area contributed by atoms with Crippen molar-refractivity contribution in [3.05, 3.63) is 53.6 Å². The lowest BCUT2D eigenvalue weighted by molar-refractivity contribution is 0.568. The molecule has 3 rings (SSSR count). The van der Waals surface area contributed by atoms with Gasteiger partial charge in [-0.2, -0.15) is 0 Å². The van der Waals surface area contributed by atoms with E-state index in [4.69, 9.17) is 0 Å². The fourth-order valence-electron chi connectivity index (χ4n) is 4.12. The quantitative estimate of drug-likeness (QED) is 0.738. The molecule has 2 atom stereocenters. The maximum absolute atomic E-state index is 12.5. The standard InChI is InChI=1S/C21H27NO4S2/c1-5-19-18(16-8-6-15(2)7-9-16)12-13-22(19)20-11-10-17(27(3,23)24)14-21(20)28(4,25)26/h6-11,14,18-19H,5,12-13H2,1-4H3. The van der Waals surface area contributed by atoms with Gasteiger partial charge in [0.15, 0.2) is 19.7 Å². The number of nitrogens with zero attached hydrogens (tertiary/aromatic N) is 1. The number of benzene rings is 2. The summed E-state index contributed by atoms with van der Waals surface area (Å²) in [6.07, 6.45) is 4.02. The van der Waals surface area contributed by atoms with Crippen molar-refractivity contribution in [3.8, 4) is 0 Å². The summed E-state index contributed by atoms with van der Waals surface area (Å²) in [5, 5.41) is 0. The molecule has 0 bridgehead atoms. The molecule has 1 aliphatic rings. The number of aryl methyl sites for hydroxylation is 1. The van der Waals surface area contributed by atoms with Gasteiger partial charge in [-0.3, -0.25) is 0 Å². The second kappa shape index (κ2) is 7.52. The Morgan fingerprint density at radius 3 is 2.14 bits per heavy atom. The molecule has 1 aliphatic heterocycles. The van der Waals surface area contributed by atoms with Crippen LogP contribution in [0.2, 0.25) is 0 Å². The van der Waals surface area contributed by atoms with Gasteiger partial charge in [0.1, 0.15) is 0 Å². The fraction of sp³-hybridized carbons (Fsp3) is 0.429. The summed E-state index contributed by atoms with van der Waals surface area (Å²) in [4.78, 5) is 2.24. The van der Waals surface area contributed by atoms with Crippen LogP contribution in [0.5, 0.6) is 0 Å². The van der Waals surface area contributed by atoms with Gasteiger partial charge >= 0.3 is 0 Å². The van der Waals surface area contributed by atoms with Crippen molar-refractivity contribution >= 4 is 25.4 Å². The van der Waals surface area contributed by atoms with Crippen molar-refractivity contribution in [2.45, 2.75) is 48.4 Å². The highest BCUT2D eigenvalue weighted by atomic mass is 32.2. The van der Waals surface area contributed by atoms with Gasteiger partial charge in [0.2, 0.25) is 0 Å². The summed E-state index contributed by atoms with van der Waals surface area (Å²) in [5.41, 5.74) is 3.06. The zero-order chi connectivity index (χ0) is 20.7. The monoisotopic (exact) mass is 421 g/mol. The van der Waals surface area contributed by atoms with Crippen molar-refractivity contribution in [1.82, 2.24) is 0 Å². The SMILES string of the molecule is CCC1C(c2ccc(C)cc2)CCN1c1ccc(S(C)(=O)=O)cc1S(C)(=O)=O. The zero-order valence-electron chi connectivity index (χ0n) is 16.7. The zero-order valence-corrected chi connectivity index (χ0v) is 18.3.